The van der Waals surface area contributed by atoms with Crippen molar-refractivity contribution in [2.45, 2.75) is 53.9 Å². The zero-order valence-corrected chi connectivity index (χ0v) is 15.3. The summed E-state index contributed by atoms with van der Waals surface area (Å²) in [4.78, 5) is 16.9. The first kappa shape index (κ1) is 17.8. The van der Waals surface area contributed by atoms with Crippen molar-refractivity contribution in [2.24, 2.45) is 29.6 Å². The van der Waals surface area contributed by atoms with Crippen molar-refractivity contribution in [1.29, 1.82) is 0 Å². The lowest BCUT2D eigenvalue weighted by atomic mass is 9.83. The maximum Gasteiger partial charge on any atom is 0.225 e. The van der Waals surface area contributed by atoms with Crippen LogP contribution in [0, 0.1) is 29.6 Å². The fourth-order valence-corrected chi connectivity index (χ4v) is 4.16. The van der Waals surface area contributed by atoms with Gasteiger partial charge in [-0.2, -0.15) is 0 Å². The molecule has 128 valence electrons. The molecule has 2 aliphatic heterocycles. The highest BCUT2D eigenvalue weighted by molar-refractivity contribution is 5.78. The van der Waals surface area contributed by atoms with Crippen LogP contribution in [-0.4, -0.2) is 48.4 Å². The number of carbonyl (C=O) groups is 1. The fraction of sp³-hybridized carbons (Fsp3) is 0.947. The molecule has 1 amide bonds. The topological polar surface area (TPSA) is 23.6 Å². The van der Waals surface area contributed by atoms with E-state index in [1.807, 2.05) is 13.8 Å². The van der Waals surface area contributed by atoms with Crippen LogP contribution in [0.1, 0.15) is 53.9 Å². The van der Waals surface area contributed by atoms with Crippen LogP contribution in [0.2, 0.25) is 0 Å². The number of hydrogen-bond acceptors (Lipinski definition) is 2. The number of likely N-dealkylation sites (tertiary alicyclic amines) is 2. The minimum Gasteiger partial charge on any atom is -0.342 e. The Morgan fingerprint density at radius 1 is 1.05 bits per heavy atom. The van der Waals surface area contributed by atoms with E-state index in [2.05, 4.69) is 30.6 Å². The smallest absolute Gasteiger partial charge is 0.225 e. The number of rotatable bonds is 4. The zero-order valence-electron chi connectivity index (χ0n) is 15.3. The normalized spacial score (nSPS) is 28.6. The third kappa shape index (κ3) is 4.47. The van der Waals surface area contributed by atoms with Crippen molar-refractivity contribution in [1.82, 2.24) is 9.80 Å². The maximum atomic E-state index is 12.2. The SMILES string of the molecule is CC(C)C(=O)N1CC[C@H](CN2CCC(C(C)C)CC2)[C@@H](C)C1. The molecule has 2 heterocycles. The highest BCUT2D eigenvalue weighted by atomic mass is 16.2. The zero-order chi connectivity index (χ0) is 16.3. The van der Waals surface area contributed by atoms with E-state index in [1.54, 1.807) is 0 Å². The Hall–Kier alpha value is -0.570. The van der Waals surface area contributed by atoms with Gasteiger partial charge < -0.3 is 9.80 Å². The molecule has 0 aromatic carbocycles. The minimum atomic E-state index is 0.138. The summed E-state index contributed by atoms with van der Waals surface area (Å²) in [6.45, 7) is 16.8. The summed E-state index contributed by atoms with van der Waals surface area (Å²) < 4.78 is 0. The molecule has 2 atom stereocenters. The van der Waals surface area contributed by atoms with Gasteiger partial charge in [0.05, 0.1) is 0 Å². The molecule has 0 radical (unpaired) electrons. The Balaban J connectivity index is 1.77. The molecule has 22 heavy (non-hydrogen) atoms. The molecule has 2 aliphatic rings. The van der Waals surface area contributed by atoms with Crippen LogP contribution in [0.25, 0.3) is 0 Å². The van der Waals surface area contributed by atoms with Crippen molar-refractivity contribution >= 4 is 5.91 Å². The van der Waals surface area contributed by atoms with Gasteiger partial charge in [0.15, 0.2) is 0 Å². The van der Waals surface area contributed by atoms with Gasteiger partial charge in [0.25, 0.3) is 0 Å². The lowest BCUT2D eigenvalue weighted by molar-refractivity contribution is -0.137. The second kappa shape index (κ2) is 7.81. The van der Waals surface area contributed by atoms with Gasteiger partial charge in [0, 0.05) is 25.6 Å². The first-order valence-corrected chi connectivity index (χ1v) is 9.39. The standard InChI is InChI=1S/C19H36N2O/c1-14(2)17-6-9-20(10-7-17)13-18-8-11-21(12-16(18)5)19(22)15(3)4/h14-18H,6-13H2,1-5H3/t16-,18+/m0/s1. The van der Waals surface area contributed by atoms with Gasteiger partial charge in [0.1, 0.15) is 0 Å². The largest absolute Gasteiger partial charge is 0.342 e. The van der Waals surface area contributed by atoms with Gasteiger partial charge >= 0.3 is 0 Å². The number of piperidine rings is 2. The van der Waals surface area contributed by atoms with Gasteiger partial charge in [-0.25, -0.2) is 0 Å². The highest BCUT2D eigenvalue weighted by Crippen LogP contribution is 2.29. The third-order valence-electron chi connectivity index (χ3n) is 5.96. The first-order chi connectivity index (χ1) is 10.4. The summed E-state index contributed by atoms with van der Waals surface area (Å²) >= 11 is 0. The predicted molar refractivity (Wildman–Crippen MR) is 92.7 cm³/mol. The summed E-state index contributed by atoms with van der Waals surface area (Å²) in [6.07, 6.45) is 3.93. The quantitative estimate of drug-likeness (QED) is 0.793. The van der Waals surface area contributed by atoms with Gasteiger partial charge in [-0.05, 0) is 56.0 Å². The van der Waals surface area contributed by atoms with Gasteiger partial charge in [-0.3, -0.25) is 4.79 Å². The molecule has 0 aromatic heterocycles. The van der Waals surface area contributed by atoms with Crippen LogP contribution in [0.4, 0.5) is 0 Å². The van der Waals surface area contributed by atoms with E-state index in [0.29, 0.717) is 11.8 Å². The Morgan fingerprint density at radius 3 is 2.18 bits per heavy atom. The second-order valence-electron chi connectivity index (χ2n) is 8.35. The summed E-state index contributed by atoms with van der Waals surface area (Å²) in [7, 11) is 0. The van der Waals surface area contributed by atoms with E-state index >= 15 is 0 Å². The van der Waals surface area contributed by atoms with Crippen molar-refractivity contribution in [3.8, 4) is 0 Å². The Morgan fingerprint density at radius 2 is 1.68 bits per heavy atom. The van der Waals surface area contributed by atoms with Crippen molar-refractivity contribution in [2.75, 3.05) is 32.7 Å². The van der Waals surface area contributed by atoms with Crippen molar-refractivity contribution in [3.63, 3.8) is 0 Å². The molecule has 2 saturated heterocycles. The molecule has 0 aliphatic carbocycles. The average Bonchev–Trinajstić information content (AvgIpc) is 2.49. The van der Waals surface area contributed by atoms with Crippen molar-refractivity contribution in [3.05, 3.63) is 0 Å². The highest BCUT2D eigenvalue weighted by Gasteiger charge is 2.31. The molecule has 0 N–H and O–H groups in total. The van der Waals surface area contributed by atoms with E-state index in [-0.39, 0.29) is 5.92 Å². The van der Waals surface area contributed by atoms with Crippen molar-refractivity contribution < 1.29 is 4.79 Å². The predicted octanol–water partition coefficient (Wildman–Crippen LogP) is 3.50. The summed E-state index contributed by atoms with van der Waals surface area (Å²) in [5.74, 6) is 3.65. The van der Waals surface area contributed by atoms with E-state index < -0.39 is 0 Å². The molecular formula is C19H36N2O. The molecule has 3 nitrogen and oxygen atoms in total. The Kier molecular flexibility index (Phi) is 6.31. The third-order valence-corrected chi connectivity index (χ3v) is 5.96. The Labute approximate surface area is 137 Å². The number of hydrogen-bond donors (Lipinski definition) is 0. The van der Waals surface area contributed by atoms with Gasteiger partial charge in [-0.15, -0.1) is 0 Å². The van der Waals surface area contributed by atoms with Crippen LogP contribution >= 0.6 is 0 Å². The molecule has 0 bridgehead atoms. The van der Waals surface area contributed by atoms with Crippen LogP contribution in [-0.2, 0) is 4.79 Å². The summed E-state index contributed by atoms with van der Waals surface area (Å²) in [5.41, 5.74) is 0. The fourth-order valence-electron chi connectivity index (χ4n) is 4.16. The Bertz CT molecular complexity index is 358. The molecule has 2 fully saturated rings. The molecule has 0 aromatic rings. The van der Waals surface area contributed by atoms with E-state index in [4.69, 9.17) is 0 Å². The second-order valence-corrected chi connectivity index (χ2v) is 8.35. The van der Waals surface area contributed by atoms with Gasteiger partial charge in [0.2, 0.25) is 5.91 Å². The van der Waals surface area contributed by atoms with E-state index in [0.717, 1.165) is 30.8 Å². The van der Waals surface area contributed by atoms with Crippen LogP contribution in [0.3, 0.4) is 0 Å². The van der Waals surface area contributed by atoms with Crippen LogP contribution < -0.4 is 0 Å². The molecule has 0 saturated carbocycles. The number of nitrogens with zero attached hydrogens (tertiary/aromatic N) is 2. The van der Waals surface area contributed by atoms with Crippen LogP contribution in [0.5, 0.6) is 0 Å². The summed E-state index contributed by atoms with van der Waals surface area (Å²) in [5, 5.41) is 0. The van der Waals surface area contributed by atoms with Crippen LogP contribution in [0.15, 0.2) is 0 Å². The average molecular weight is 309 g/mol. The molecular weight excluding hydrogens is 272 g/mol. The molecule has 2 rings (SSSR count). The maximum absolute atomic E-state index is 12.2. The number of amides is 1. The lowest BCUT2D eigenvalue weighted by Crippen LogP contribution is -2.48. The monoisotopic (exact) mass is 308 g/mol. The molecule has 0 unspecified atom stereocenters. The molecule has 0 spiro atoms. The van der Waals surface area contributed by atoms with E-state index in [1.165, 1.54) is 38.9 Å². The first-order valence-electron chi connectivity index (χ1n) is 9.39. The van der Waals surface area contributed by atoms with E-state index in [9.17, 15) is 4.79 Å². The minimum absolute atomic E-state index is 0.138. The molecule has 3 heteroatoms. The summed E-state index contributed by atoms with van der Waals surface area (Å²) in [6, 6.07) is 0. The lowest BCUT2D eigenvalue weighted by Gasteiger charge is -2.41. The number of carbonyl (C=O) groups excluding carboxylic acids is 1. The van der Waals surface area contributed by atoms with Gasteiger partial charge in [-0.1, -0.05) is 34.6 Å².